The Morgan fingerprint density at radius 3 is 3.08 bits per heavy atom. The van der Waals surface area contributed by atoms with Gasteiger partial charge >= 0.3 is 0 Å². The van der Waals surface area contributed by atoms with Crippen LogP contribution in [0.3, 0.4) is 0 Å². The molecule has 3 unspecified atom stereocenters. The van der Waals surface area contributed by atoms with Crippen molar-refractivity contribution in [2.24, 2.45) is 11.8 Å². The van der Waals surface area contributed by atoms with E-state index in [0.29, 0.717) is 17.9 Å². The molecule has 4 heteroatoms. The lowest BCUT2D eigenvalue weighted by Gasteiger charge is -2.48. The van der Waals surface area contributed by atoms with Crippen LogP contribution in [0.15, 0.2) is 18.2 Å². The van der Waals surface area contributed by atoms with Gasteiger partial charge in [0.1, 0.15) is 5.75 Å². The van der Waals surface area contributed by atoms with Crippen LogP contribution in [0.5, 0.6) is 5.75 Å². The van der Waals surface area contributed by atoms with Crippen molar-refractivity contribution in [3.63, 3.8) is 0 Å². The molecule has 3 atom stereocenters. The Bertz CT molecular complexity index is 628. The van der Waals surface area contributed by atoms with Crippen molar-refractivity contribution in [2.45, 2.75) is 51.6 Å². The summed E-state index contributed by atoms with van der Waals surface area (Å²) in [6.45, 7) is 6.99. The summed E-state index contributed by atoms with van der Waals surface area (Å²) in [6, 6.07) is 7.07. The number of ether oxygens (including phenoxy) is 1. The summed E-state index contributed by atoms with van der Waals surface area (Å²) in [7, 11) is 0. The summed E-state index contributed by atoms with van der Waals surface area (Å²) in [5, 5.41) is 3.59. The number of nitrogens with one attached hydrogen (secondary N) is 1. The molecule has 3 aliphatic rings. The van der Waals surface area contributed by atoms with Crippen molar-refractivity contribution in [3.05, 3.63) is 29.3 Å². The number of carbonyl (C=O) groups is 1. The maximum absolute atomic E-state index is 12.9. The first kappa shape index (κ1) is 15.9. The van der Waals surface area contributed by atoms with Gasteiger partial charge in [-0.25, -0.2) is 0 Å². The van der Waals surface area contributed by atoms with Crippen LogP contribution in [0.1, 0.15) is 50.3 Å². The number of hydrogen-bond donors (Lipinski definition) is 1. The Kier molecular flexibility index (Phi) is 4.25. The van der Waals surface area contributed by atoms with Crippen molar-refractivity contribution in [3.8, 4) is 5.75 Å². The average Bonchev–Trinajstić information content (AvgIpc) is 2.60. The summed E-state index contributed by atoms with van der Waals surface area (Å²) in [5.41, 5.74) is 2.69. The first-order valence-corrected chi connectivity index (χ1v) is 9.43. The van der Waals surface area contributed by atoms with Crippen LogP contribution in [-0.2, 0) is 11.2 Å². The largest absolute Gasteiger partial charge is 0.493 e. The third kappa shape index (κ3) is 2.81. The van der Waals surface area contributed by atoms with Crippen LogP contribution in [0.4, 0.5) is 0 Å². The SMILES string of the molecule is CC(C)COc1ccc2c(c1)CCN1C(=O)C3CCCNC3CC21. The fourth-order valence-corrected chi connectivity index (χ4v) is 4.51. The standard InChI is InChI=1S/C20H28N2O2/c1-13(2)12-24-15-5-6-16-14(10-15)7-9-22-19(16)11-18-17(20(22)23)4-3-8-21-18/h5-6,10,13,17-19,21H,3-4,7-9,11-12H2,1-2H3. The Balaban J connectivity index is 1.57. The molecule has 1 aromatic rings. The number of amides is 1. The zero-order chi connectivity index (χ0) is 16.7. The molecule has 3 heterocycles. The maximum atomic E-state index is 12.9. The summed E-state index contributed by atoms with van der Waals surface area (Å²) >= 11 is 0. The van der Waals surface area contributed by atoms with Gasteiger partial charge in [0, 0.05) is 12.6 Å². The number of fused-ring (bicyclic) bond motifs is 4. The molecule has 2 saturated heterocycles. The Labute approximate surface area is 144 Å². The van der Waals surface area contributed by atoms with E-state index in [1.165, 1.54) is 11.1 Å². The van der Waals surface area contributed by atoms with Crippen molar-refractivity contribution in [1.82, 2.24) is 10.2 Å². The molecule has 0 bridgehead atoms. The molecule has 130 valence electrons. The van der Waals surface area contributed by atoms with E-state index >= 15 is 0 Å². The molecule has 1 N–H and O–H groups in total. The monoisotopic (exact) mass is 328 g/mol. The lowest BCUT2D eigenvalue weighted by Crippen LogP contribution is -2.57. The molecule has 0 aliphatic carbocycles. The van der Waals surface area contributed by atoms with E-state index in [4.69, 9.17) is 4.74 Å². The first-order chi connectivity index (χ1) is 11.6. The molecule has 0 spiro atoms. The van der Waals surface area contributed by atoms with Gasteiger partial charge in [0.2, 0.25) is 5.91 Å². The molecule has 0 radical (unpaired) electrons. The number of nitrogens with zero attached hydrogens (tertiary/aromatic N) is 1. The summed E-state index contributed by atoms with van der Waals surface area (Å²) in [4.78, 5) is 15.1. The quantitative estimate of drug-likeness (QED) is 0.927. The van der Waals surface area contributed by atoms with E-state index in [1.807, 2.05) is 0 Å². The van der Waals surface area contributed by atoms with Gasteiger partial charge in [0.15, 0.2) is 0 Å². The fraction of sp³-hybridized carbons (Fsp3) is 0.650. The van der Waals surface area contributed by atoms with Crippen molar-refractivity contribution in [2.75, 3.05) is 19.7 Å². The highest BCUT2D eigenvalue weighted by atomic mass is 16.5. The molecule has 1 amide bonds. The third-order valence-corrected chi connectivity index (χ3v) is 5.72. The summed E-state index contributed by atoms with van der Waals surface area (Å²) < 4.78 is 5.88. The second-order valence-electron chi connectivity index (χ2n) is 7.91. The smallest absolute Gasteiger partial charge is 0.227 e. The summed E-state index contributed by atoms with van der Waals surface area (Å²) in [6.07, 6.45) is 4.17. The number of carbonyl (C=O) groups excluding carboxylic acids is 1. The van der Waals surface area contributed by atoms with Crippen LogP contribution < -0.4 is 10.1 Å². The van der Waals surface area contributed by atoms with E-state index in [0.717, 1.165) is 51.1 Å². The second kappa shape index (κ2) is 6.40. The zero-order valence-electron chi connectivity index (χ0n) is 14.8. The highest BCUT2D eigenvalue weighted by Gasteiger charge is 2.44. The molecule has 24 heavy (non-hydrogen) atoms. The van der Waals surface area contributed by atoms with Crippen LogP contribution >= 0.6 is 0 Å². The van der Waals surface area contributed by atoms with Crippen molar-refractivity contribution < 1.29 is 9.53 Å². The lowest BCUT2D eigenvalue weighted by atomic mass is 9.77. The Hall–Kier alpha value is -1.55. The highest BCUT2D eigenvalue weighted by molar-refractivity contribution is 5.81. The molecule has 2 fully saturated rings. The van der Waals surface area contributed by atoms with Gasteiger partial charge in [-0.3, -0.25) is 4.79 Å². The number of benzene rings is 1. The molecule has 4 rings (SSSR count). The predicted octanol–water partition coefficient (Wildman–Crippen LogP) is 2.92. The van der Waals surface area contributed by atoms with Crippen molar-refractivity contribution in [1.29, 1.82) is 0 Å². The van der Waals surface area contributed by atoms with Gasteiger partial charge < -0.3 is 15.0 Å². The minimum atomic E-state index is 0.199. The molecule has 0 aromatic heterocycles. The van der Waals surface area contributed by atoms with E-state index < -0.39 is 0 Å². The minimum absolute atomic E-state index is 0.199. The van der Waals surface area contributed by atoms with Gasteiger partial charge in [0.25, 0.3) is 0 Å². The second-order valence-corrected chi connectivity index (χ2v) is 7.91. The summed E-state index contributed by atoms with van der Waals surface area (Å²) in [5.74, 6) is 2.06. The Morgan fingerprint density at radius 2 is 2.25 bits per heavy atom. The number of rotatable bonds is 3. The Morgan fingerprint density at radius 1 is 1.38 bits per heavy atom. The van der Waals surface area contributed by atoms with Crippen molar-refractivity contribution >= 4 is 5.91 Å². The minimum Gasteiger partial charge on any atom is -0.493 e. The van der Waals surface area contributed by atoms with E-state index in [9.17, 15) is 4.79 Å². The van der Waals surface area contributed by atoms with Gasteiger partial charge in [-0.2, -0.15) is 0 Å². The van der Waals surface area contributed by atoms with E-state index in [2.05, 4.69) is 42.3 Å². The zero-order valence-corrected chi connectivity index (χ0v) is 14.8. The first-order valence-electron chi connectivity index (χ1n) is 9.43. The average molecular weight is 328 g/mol. The maximum Gasteiger partial charge on any atom is 0.227 e. The van der Waals surface area contributed by atoms with Crippen LogP contribution in [-0.4, -0.2) is 36.5 Å². The lowest BCUT2D eigenvalue weighted by molar-refractivity contribution is -0.145. The molecule has 0 saturated carbocycles. The normalized spacial score (nSPS) is 29.0. The van der Waals surface area contributed by atoms with E-state index in [1.54, 1.807) is 0 Å². The van der Waals surface area contributed by atoms with Gasteiger partial charge in [-0.1, -0.05) is 19.9 Å². The molecule has 4 nitrogen and oxygen atoms in total. The topological polar surface area (TPSA) is 41.6 Å². The predicted molar refractivity (Wildman–Crippen MR) is 94.1 cm³/mol. The number of piperidine rings is 2. The van der Waals surface area contributed by atoms with Gasteiger partial charge in [-0.15, -0.1) is 0 Å². The van der Waals surface area contributed by atoms with Crippen LogP contribution in [0.2, 0.25) is 0 Å². The molecule has 1 aromatic carbocycles. The fourth-order valence-electron chi connectivity index (χ4n) is 4.51. The third-order valence-electron chi connectivity index (χ3n) is 5.72. The molecular weight excluding hydrogens is 300 g/mol. The number of hydrogen-bond acceptors (Lipinski definition) is 3. The highest BCUT2D eigenvalue weighted by Crippen LogP contribution is 2.42. The van der Waals surface area contributed by atoms with E-state index in [-0.39, 0.29) is 12.0 Å². The van der Waals surface area contributed by atoms with Crippen LogP contribution in [0.25, 0.3) is 0 Å². The van der Waals surface area contributed by atoms with Crippen LogP contribution in [0, 0.1) is 11.8 Å². The molecule has 3 aliphatic heterocycles. The van der Waals surface area contributed by atoms with Gasteiger partial charge in [0.05, 0.1) is 18.6 Å². The van der Waals surface area contributed by atoms with Gasteiger partial charge in [-0.05, 0) is 61.4 Å². The molecular formula is C20H28N2O2.